The molecule has 0 bridgehead atoms. The molecule has 1 aromatic rings. The van der Waals surface area contributed by atoms with E-state index < -0.39 is 0 Å². The summed E-state index contributed by atoms with van der Waals surface area (Å²) < 4.78 is 0. The van der Waals surface area contributed by atoms with Crippen molar-refractivity contribution in [2.45, 2.75) is 33.2 Å². The van der Waals surface area contributed by atoms with Crippen LogP contribution in [0, 0.1) is 5.92 Å². The number of aromatic nitrogens is 2. The number of anilines is 1. The lowest BCUT2D eigenvalue weighted by molar-refractivity contribution is -0.120. The Labute approximate surface area is 90.1 Å². The molecule has 0 radical (unpaired) electrons. The minimum absolute atomic E-state index is 0.152. The van der Waals surface area contributed by atoms with Crippen LogP contribution in [0.15, 0.2) is 18.7 Å². The lowest BCUT2D eigenvalue weighted by Gasteiger charge is -2.21. The first kappa shape index (κ1) is 11.6. The van der Waals surface area contributed by atoms with E-state index >= 15 is 0 Å². The summed E-state index contributed by atoms with van der Waals surface area (Å²) in [6, 6.07) is -0.152. The third kappa shape index (κ3) is 3.31. The first-order valence-electron chi connectivity index (χ1n) is 5.19. The van der Waals surface area contributed by atoms with E-state index in [-0.39, 0.29) is 17.7 Å². The Morgan fingerprint density at radius 2 is 2.00 bits per heavy atom. The molecule has 0 saturated carbocycles. The molecule has 0 aliphatic carbocycles. The molecule has 1 N–H and O–H groups in total. The number of ketones is 1. The number of hydrogen-bond donors (Lipinski definition) is 1. The summed E-state index contributed by atoms with van der Waals surface area (Å²) >= 11 is 0. The maximum absolute atomic E-state index is 11.7. The Bertz CT molecular complexity index is 311. The van der Waals surface area contributed by atoms with Crippen molar-refractivity contribution in [1.29, 1.82) is 0 Å². The van der Waals surface area contributed by atoms with E-state index in [0.717, 1.165) is 5.69 Å². The highest BCUT2D eigenvalue weighted by Gasteiger charge is 2.20. The standard InChI is InChI=1S/C11H17N3O/c1-4-10(15)11(8(2)3)14-9-5-12-7-13-6-9/h5-8,11,14H,4H2,1-3H3/t11-/m0/s1. The van der Waals surface area contributed by atoms with Crippen LogP contribution in [0.2, 0.25) is 0 Å². The molecular formula is C11H17N3O. The Hall–Kier alpha value is -1.45. The van der Waals surface area contributed by atoms with Crippen molar-refractivity contribution in [3.8, 4) is 0 Å². The summed E-state index contributed by atoms with van der Waals surface area (Å²) in [5.41, 5.74) is 0.790. The monoisotopic (exact) mass is 207 g/mol. The second kappa shape index (κ2) is 5.44. The van der Waals surface area contributed by atoms with Gasteiger partial charge in [-0.05, 0) is 5.92 Å². The van der Waals surface area contributed by atoms with E-state index in [9.17, 15) is 4.79 Å². The molecule has 0 fully saturated rings. The van der Waals surface area contributed by atoms with Gasteiger partial charge in [-0.1, -0.05) is 20.8 Å². The fourth-order valence-corrected chi connectivity index (χ4v) is 1.39. The minimum atomic E-state index is -0.152. The van der Waals surface area contributed by atoms with Gasteiger partial charge in [0.15, 0.2) is 5.78 Å². The zero-order valence-corrected chi connectivity index (χ0v) is 9.40. The second-order valence-electron chi connectivity index (χ2n) is 3.81. The summed E-state index contributed by atoms with van der Waals surface area (Å²) in [6.45, 7) is 5.92. The molecule has 0 aromatic carbocycles. The van der Waals surface area contributed by atoms with E-state index in [1.165, 1.54) is 6.33 Å². The summed E-state index contributed by atoms with van der Waals surface area (Å²) in [5, 5.41) is 3.15. The van der Waals surface area contributed by atoms with Crippen molar-refractivity contribution < 1.29 is 4.79 Å². The number of carbonyl (C=O) groups excluding carboxylic acids is 1. The van der Waals surface area contributed by atoms with Crippen molar-refractivity contribution in [2.24, 2.45) is 5.92 Å². The van der Waals surface area contributed by atoms with Gasteiger partial charge in [-0.25, -0.2) is 9.97 Å². The molecule has 0 aliphatic heterocycles. The van der Waals surface area contributed by atoms with E-state index in [1.807, 2.05) is 20.8 Å². The van der Waals surface area contributed by atoms with Gasteiger partial charge in [0.2, 0.25) is 0 Å². The molecule has 1 heterocycles. The maximum Gasteiger partial charge on any atom is 0.154 e. The van der Waals surface area contributed by atoms with Gasteiger partial charge in [-0.15, -0.1) is 0 Å². The summed E-state index contributed by atoms with van der Waals surface area (Å²) in [7, 11) is 0. The van der Waals surface area contributed by atoms with Gasteiger partial charge in [0.05, 0.1) is 24.1 Å². The molecule has 4 heteroatoms. The lowest BCUT2D eigenvalue weighted by Crippen LogP contribution is -2.34. The molecule has 4 nitrogen and oxygen atoms in total. The maximum atomic E-state index is 11.7. The lowest BCUT2D eigenvalue weighted by atomic mass is 9.98. The first-order chi connectivity index (χ1) is 7.15. The topological polar surface area (TPSA) is 54.9 Å². The molecule has 82 valence electrons. The van der Waals surface area contributed by atoms with E-state index in [2.05, 4.69) is 15.3 Å². The van der Waals surface area contributed by atoms with Crippen LogP contribution in [0.5, 0.6) is 0 Å². The van der Waals surface area contributed by atoms with Gasteiger partial charge < -0.3 is 5.32 Å². The molecule has 0 unspecified atom stereocenters. The molecule has 0 saturated heterocycles. The van der Waals surface area contributed by atoms with E-state index in [1.54, 1.807) is 12.4 Å². The Morgan fingerprint density at radius 3 is 2.47 bits per heavy atom. The van der Waals surface area contributed by atoms with Gasteiger partial charge in [-0.3, -0.25) is 4.79 Å². The molecule has 1 rings (SSSR count). The van der Waals surface area contributed by atoms with Crippen LogP contribution in [0.1, 0.15) is 27.2 Å². The van der Waals surface area contributed by atoms with Crippen LogP contribution in [0.25, 0.3) is 0 Å². The fraction of sp³-hybridized carbons (Fsp3) is 0.545. The fourth-order valence-electron chi connectivity index (χ4n) is 1.39. The third-order valence-corrected chi connectivity index (χ3v) is 2.24. The molecule has 1 atom stereocenters. The van der Waals surface area contributed by atoms with Crippen LogP contribution in [-0.2, 0) is 4.79 Å². The Balaban J connectivity index is 2.72. The quantitative estimate of drug-likeness (QED) is 0.801. The number of nitrogens with zero attached hydrogens (tertiary/aromatic N) is 2. The van der Waals surface area contributed by atoms with Crippen LogP contribution in [0.4, 0.5) is 5.69 Å². The highest BCUT2D eigenvalue weighted by Crippen LogP contribution is 2.12. The molecule has 1 aromatic heterocycles. The zero-order chi connectivity index (χ0) is 11.3. The number of rotatable bonds is 5. The predicted molar refractivity (Wildman–Crippen MR) is 59.6 cm³/mol. The van der Waals surface area contributed by atoms with Gasteiger partial charge in [0.25, 0.3) is 0 Å². The van der Waals surface area contributed by atoms with Crippen LogP contribution in [0.3, 0.4) is 0 Å². The van der Waals surface area contributed by atoms with Crippen molar-refractivity contribution in [1.82, 2.24) is 9.97 Å². The largest absolute Gasteiger partial charge is 0.373 e. The smallest absolute Gasteiger partial charge is 0.154 e. The number of carbonyl (C=O) groups is 1. The average Bonchev–Trinajstić information content (AvgIpc) is 2.26. The van der Waals surface area contributed by atoms with Crippen LogP contribution < -0.4 is 5.32 Å². The number of Topliss-reactive ketones (excluding diaryl/α,β-unsaturated/α-hetero) is 1. The average molecular weight is 207 g/mol. The van der Waals surface area contributed by atoms with Crippen molar-refractivity contribution in [3.63, 3.8) is 0 Å². The zero-order valence-electron chi connectivity index (χ0n) is 9.40. The van der Waals surface area contributed by atoms with Gasteiger partial charge >= 0.3 is 0 Å². The molecule has 0 amide bonds. The molecule has 15 heavy (non-hydrogen) atoms. The highest BCUT2D eigenvalue weighted by molar-refractivity contribution is 5.86. The van der Waals surface area contributed by atoms with E-state index in [4.69, 9.17) is 0 Å². The van der Waals surface area contributed by atoms with Crippen molar-refractivity contribution in [2.75, 3.05) is 5.32 Å². The third-order valence-electron chi connectivity index (χ3n) is 2.24. The van der Waals surface area contributed by atoms with Crippen molar-refractivity contribution >= 4 is 11.5 Å². The summed E-state index contributed by atoms with van der Waals surface area (Å²) in [6.07, 6.45) is 5.36. The molecular weight excluding hydrogens is 190 g/mol. The minimum Gasteiger partial charge on any atom is -0.373 e. The van der Waals surface area contributed by atoms with Gasteiger partial charge in [0.1, 0.15) is 6.33 Å². The molecule has 0 spiro atoms. The van der Waals surface area contributed by atoms with Crippen LogP contribution in [-0.4, -0.2) is 21.8 Å². The Kier molecular flexibility index (Phi) is 4.21. The summed E-state index contributed by atoms with van der Waals surface area (Å²) in [4.78, 5) is 19.4. The van der Waals surface area contributed by atoms with Gasteiger partial charge in [-0.2, -0.15) is 0 Å². The van der Waals surface area contributed by atoms with E-state index in [0.29, 0.717) is 6.42 Å². The Morgan fingerprint density at radius 1 is 1.40 bits per heavy atom. The predicted octanol–water partition coefficient (Wildman–Crippen LogP) is 1.89. The number of hydrogen-bond acceptors (Lipinski definition) is 4. The normalized spacial score (nSPS) is 12.5. The van der Waals surface area contributed by atoms with Crippen LogP contribution >= 0.6 is 0 Å². The highest BCUT2D eigenvalue weighted by atomic mass is 16.1. The first-order valence-corrected chi connectivity index (χ1v) is 5.19. The summed E-state index contributed by atoms with van der Waals surface area (Å²) in [5.74, 6) is 0.478. The van der Waals surface area contributed by atoms with Crippen molar-refractivity contribution in [3.05, 3.63) is 18.7 Å². The number of nitrogens with one attached hydrogen (secondary N) is 1. The molecule has 0 aliphatic rings. The SMILES string of the molecule is CCC(=O)[C@@H](Nc1cncnc1)C(C)C. The second-order valence-corrected chi connectivity index (χ2v) is 3.81. The van der Waals surface area contributed by atoms with Gasteiger partial charge in [0, 0.05) is 6.42 Å².